The fraction of sp³-hybridized carbons (Fsp3) is 0.0909. The van der Waals surface area contributed by atoms with Crippen LogP contribution in [0.5, 0.6) is 0 Å². The Morgan fingerprint density at radius 2 is 2.21 bits per heavy atom. The highest BCUT2D eigenvalue weighted by Gasteiger charge is 2.16. The molecule has 0 aliphatic rings. The van der Waals surface area contributed by atoms with Gasteiger partial charge in [-0.25, -0.2) is 0 Å². The predicted octanol–water partition coefficient (Wildman–Crippen LogP) is 2.34. The molecule has 1 heterocycles. The molecule has 0 spiro atoms. The summed E-state index contributed by atoms with van der Waals surface area (Å²) in [6, 6.07) is 5.80. The second-order valence-electron chi connectivity index (χ2n) is 3.75. The third-order valence-corrected chi connectivity index (χ3v) is 3.03. The molecule has 98 valence electrons. The number of nitro groups is 1. The van der Waals surface area contributed by atoms with Crippen LogP contribution in [-0.4, -0.2) is 20.6 Å². The fourth-order valence-corrected chi connectivity index (χ4v) is 1.86. The number of halogens is 1. The summed E-state index contributed by atoms with van der Waals surface area (Å²) in [5.41, 5.74) is 0.0363. The Labute approximate surface area is 116 Å². The average molecular weight is 325 g/mol. The van der Waals surface area contributed by atoms with E-state index >= 15 is 0 Å². The zero-order valence-electron chi connectivity index (χ0n) is 9.83. The van der Waals surface area contributed by atoms with E-state index in [1.807, 2.05) is 0 Å². The van der Waals surface area contributed by atoms with E-state index in [2.05, 4.69) is 26.3 Å². The number of carbonyl (C=O) groups excluding carboxylic acids is 1. The summed E-state index contributed by atoms with van der Waals surface area (Å²) in [6.07, 6.45) is 1.68. The van der Waals surface area contributed by atoms with Crippen LogP contribution in [0.3, 0.4) is 0 Å². The lowest BCUT2D eigenvalue weighted by Gasteiger charge is -2.03. The first-order valence-corrected chi connectivity index (χ1v) is 6.01. The van der Waals surface area contributed by atoms with Crippen LogP contribution in [0.1, 0.15) is 10.4 Å². The van der Waals surface area contributed by atoms with Crippen molar-refractivity contribution in [3.05, 3.63) is 50.6 Å². The van der Waals surface area contributed by atoms with E-state index in [1.165, 1.54) is 18.2 Å². The second-order valence-corrected chi connectivity index (χ2v) is 4.61. The van der Waals surface area contributed by atoms with Crippen molar-refractivity contribution in [3.8, 4) is 0 Å². The zero-order valence-corrected chi connectivity index (χ0v) is 11.4. The van der Waals surface area contributed by atoms with Crippen molar-refractivity contribution < 1.29 is 9.72 Å². The van der Waals surface area contributed by atoms with Crippen molar-refractivity contribution in [2.45, 2.75) is 0 Å². The molecule has 0 aliphatic carbocycles. The molecular formula is C11H9BrN4O3. The number of rotatable bonds is 3. The molecule has 1 amide bonds. The Morgan fingerprint density at radius 1 is 1.47 bits per heavy atom. The van der Waals surface area contributed by atoms with E-state index in [-0.39, 0.29) is 11.3 Å². The molecule has 7 nitrogen and oxygen atoms in total. The molecule has 2 rings (SSSR count). The van der Waals surface area contributed by atoms with Crippen LogP contribution in [0.2, 0.25) is 0 Å². The first kappa shape index (κ1) is 13.2. The molecule has 2 aromatic rings. The molecule has 0 radical (unpaired) electrons. The molecule has 1 aromatic carbocycles. The number of anilines is 1. The summed E-state index contributed by atoms with van der Waals surface area (Å²) in [5, 5.41) is 17.3. The van der Waals surface area contributed by atoms with Gasteiger partial charge in [0.15, 0.2) is 5.82 Å². The monoisotopic (exact) mass is 324 g/mol. The van der Waals surface area contributed by atoms with Gasteiger partial charge in [0, 0.05) is 30.9 Å². The minimum absolute atomic E-state index is 0.159. The summed E-state index contributed by atoms with van der Waals surface area (Å²) in [6.45, 7) is 0. The summed E-state index contributed by atoms with van der Waals surface area (Å²) >= 11 is 3.06. The van der Waals surface area contributed by atoms with Crippen LogP contribution in [0.15, 0.2) is 34.9 Å². The quantitative estimate of drug-likeness (QED) is 0.693. The number of aryl methyl sites for hydroxylation is 1. The lowest BCUT2D eigenvalue weighted by atomic mass is 10.2. The summed E-state index contributed by atoms with van der Waals surface area (Å²) in [5.74, 6) is -0.0626. The van der Waals surface area contributed by atoms with Crippen molar-refractivity contribution in [3.63, 3.8) is 0 Å². The maximum Gasteiger partial charge on any atom is 0.284 e. The number of hydrogen-bond acceptors (Lipinski definition) is 4. The Hall–Kier alpha value is -2.22. The maximum absolute atomic E-state index is 11.9. The molecule has 0 saturated carbocycles. The molecular weight excluding hydrogens is 316 g/mol. The molecule has 19 heavy (non-hydrogen) atoms. The third-order valence-electron chi connectivity index (χ3n) is 2.36. The van der Waals surface area contributed by atoms with Gasteiger partial charge in [0.05, 0.1) is 9.40 Å². The van der Waals surface area contributed by atoms with Crippen molar-refractivity contribution in [2.24, 2.45) is 7.05 Å². The van der Waals surface area contributed by atoms with Crippen molar-refractivity contribution in [2.75, 3.05) is 5.32 Å². The topological polar surface area (TPSA) is 90.1 Å². The van der Waals surface area contributed by atoms with Crippen LogP contribution < -0.4 is 5.32 Å². The van der Waals surface area contributed by atoms with Gasteiger partial charge < -0.3 is 5.32 Å². The van der Waals surface area contributed by atoms with Crippen LogP contribution in [0.25, 0.3) is 0 Å². The SMILES string of the molecule is Cn1ccc(NC(=O)c2ccc(Br)c([N+](=O)[O-])c2)n1. The lowest BCUT2D eigenvalue weighted by molar-refractivity contribution is -0.385. The average Bonchev–Trinajstić information content (AvgIpc) is 2.74. The van der Waals surface area contributed by atoms with Crippen LogP contribution in [-0.2, 0) is 7.05 Å². The van der Waals surface area contributed by atoms with Gasteiger partial charge in [-0.1, -0.05) is 0 Å². The smallest absolute Gasteiger partial charge is 0.284 e. The van der Waals surface area contributed by atoms with E-state index in [0.29, 0.717) is 10.3 Å². The van der Waals surface area contributed by atoms with Crippen LogP contribution in [0.4, 0.5) is 11.5 Å². The Bertz CT molecular complexity index is 653. The predicted molar refractivity (Wildman–Crippen MR) is 72.0 cm³/mol. The number of aromatic nitrogens is 2. The van der Waals surface area contributed by atoms with Crippen molar-refractivity contribution in [1.29, 1.82) is 0 Å². The van der Waals surface area contributed by atoms with Gasteiger partial charge in [-0.2, -0.15) is 5.10 Å². The van der Waals surface area contributed by atoms with Gasteiger partial charge >= 0.3 is 0 Å². The van der Waals surface area contributed by atoms with Gasteiger partial charge in [0.2, 0.25) is 0 Å². The fourth-order valence-electron chi connectivity index (χ4n) is 1.46. The molecule has 8 heteroatoms. The number of nitro benzene ring substituents is 1. The lowest BCUT2D eigenvalue weighted by Crippen LogP contribution is -2.12. The Morgan fingerprint density at radius 3 is 2.79 bits per heavy atom. The number of nitrogens with one attached hydrogen (secondary N) is 1. The maximum atomic E-state index is 11.9. The first-order valence-electron chi connectivity index (χ1n) is 5.22. The van der Waals surface area contributed by atoms with Gasteiger partial charge in [-0.15, -0.1) is 0 Å². The van der Waals surface area contributed by atoms with Gasteiger partial charge in [0.1, 0.15) is 0 Å². The van der Waals surface area contributed by atoms with Gasteiger partial charge in [0.25, 0.3) is 11.6 Å². The summed E-state index contributed by atoms with van der Waals surface area (Å²) in [7, 11) is 1.72. The van der Waals surface area contributed by atoms with Crippen molar-refractivity contribution >= 4 is 33.3 Å². The molecule has 0 aliphatic heterocycles. The Balaban J connectivity index is 2.24. The van der Waals surface area contributed by atoms with E-state index in [1.54, 1.807) is 24.0 Å². The third kappa shape index (κ3) is 2.97. The summed E-state index contributed by atoms with van der Waals surface area (Å²) in [4.78, 5) is 22.1. The second kappa shape index (κ2) is 5.19. The van der Waals surface area contributed by atoms with Crippen LogP contribution >= 0.6 is 15.9 Å². The highest BCUT2D eigenvalue weighted by molar-refractivity contribution is 9.10. The minimum atomic E-state index is -0.554. The van der Waals surface area contributed by atoms with E-state index in [0.717, 1.165) is 0 Å². The van der Waals surface area contributed by atoms with Crippen LogP contribution in [0, 0.1) is 10.1 Å². The number of carbonyl (C=O) groups is 1. The zero-order chi connectivity index (χ0) is 14.0. The highest BCUT2D eigenvalue weighted by atomic mass is 79.9. The van der Waals surface area contributed by atoms with E-state index in [9.17, 15) is 14.9 Å². The van der Waals surface area contributed by atoms with E-state index < -0.39 is 10.8 Å². The first-order chi connectivity index (χ1) is 8.97. The number of nitrogens with zero attached hydrogens (tertiary/aromatic N) is 3. The summed E-state index contributed by atoms with van der Waals surface area (Å²) < 4.78 is 1.87. The molecule has 0 atom stereocenters. The number of amides is 1. The molecule has 0 unspecified atom stereocenters. The van der Waals surface area contributed by atoms with Gasteiger partial charge in [-0.3, -0.25) is 19.6 Å². The molecule has 1 N–H and O–H groups in total. The highest BCUT2D eigenvalue weighted by Crippen LogP contribution is 2.25. The van der Waals surface area contributed by atoms with E-state index in [4.69, 9.17) is 0 Å². The minimum Gasteiger partial charge on any atom is -0.305 e. The Kier molecular flexibility index (Phi) is 3.61. The number of benzene rings is 1. The molecule has 1 aromatic heterocycles. The molecule has 0 fully saturated rings. The standard InChI is InChI=1S/C11H9BrN4O3/c1-15-5-4-10(14-15)13-11(17)7-2-3-8(12)9(6-7)16(18)19/h2-6H,1H3,(H,13,14,17). The molecule has 0 bridgehead atoms. The molecule has 0 saturated heterocycles. The number of hydrogen-bond donors (Lipinski definition) is 1. The largest absolute Gasteiger partial charge is 0.305 e. The van der Waals surface area contributed by atoms with Gasteiger partial charge in [-0.05, 0) is 28.1 Å². The van der Waals surface area contributed by atoms with Crippen molar-refractivity contribution in [1.82, 2.24) is 9.78 Å². The normalized spacial score (nSPS) is 10.2.